The van der Waals surface area contributed by atoms with Crippen LogP contribution >= 0.6 is 15.9 Å². The molecule has 158 valence electrons. The molecule has 1 unspecified atom stereocenters. The average Bonchev–Trinajstić information content (AvgIpc) is 2.66. The molecule has 0 aliphatic carbocycles. The maximum absolute atomic E-state index is 13.3. The molecule has 1 amide bonds. The Bertz CT molecular complexity index is 835. The van der Waals surface area contributed by atoms with Gasteiger partial charge in [0.15, 0.2) is 0 Å². The highest BCUT2D eigenvalue weighted by Gasteiger charge is 2.40. The number of methoxy groups -OCH3 is 1. The maximum Gasteiger partial charge on any atom is 0.414 e. The molecule has 2 rings (SSSR count). The molecule has 0 saturated heterocycles. The van der Waals surface area contributed by atoms with E-state index >= 15 is 0 Å². The molecule has 1 aromatic carbocycles. The summed E-state index contributed by atoms with van der Waals surface area (Å²) < 4.78 is 39.4. The molecule has 9 heteroatoms. The fraction of sp³-hybridized carbons (Fsp3) is 0.632. The van der Waals surface area contributed by atoms with Crippen molar-refractivity contribution in [2.45, 2.75) is 63.5 Å². The fourth-order valence-electron chi connectivity index (χ4n) is 3.08. The van der Waals surface area contributed by atoms with E-state index in [1.807, 2.05) is 6.92 Å². The number of anilines is 1. The summed E-state index contributed by atoms with van der Waals surface area (Å²) in [6.07, 6.45) is 1.87. The third-order valence-corrected chi connectivity index (χ3v) is 7.15. The van der Waals surface area contributed by atoms with Gasteiger partial charge in [-0.3, -0.25) is 4.90 Å². The Morgan fingerprint density at radius 2 is 1.96 bits per heavy atom. The van der Waals surface area contributed by atoms with E-state index in [1.165, 1.54) is 22.4 Å². The molecule has 0 aromatic heterocycles. The van der Waals surface area contributed by atoms with E-state index in [9.17, 15) is 13.2 Å². The molecule has 1 atom stereocenters. The second-order valence-electron chi connectivity index (χ2n) is 7.86. The lowest BCUT2D eigenvalue weighted by molar-refractivity contribution is 0.0573. The quantitative estimate of drug-likeness (QED) is 0.643. The lowest BCUT2D eigenvalue weighted by Gasteiger charge is -2.30. The third-order valence-electron chi connectivity index (χ3n) is 4.59. The monoisotopic (exact) mass is 476 g/mol. The van der Waals surface area contributed by atoms with Crippen molar-refractivity contribution in [3.05, 3.63) is 16.6 Å². The smallest absolute Gasteiger partial charge is 0.414 e. The van der Waals surface area contributed by atoms with E-state index in [2.05, 4.69) is 15.9 Å². The zero-order valence-electron chi connectivity index (χ0n) is 17.3. The summed E-state index contributed by atoms with van der Waals surface area (Å²) in [7, 11) is -0.784. The van der Waals surface area contributed by atoms with Crippen LogP contribution in [0.2, 0.25) is 0 Å². The minimum absolute atomic E-state index is 0.0277. The number of nitrogens with zero attached hydrogens (tertiary/aromatic N) is 2. The van der Waals surface area contributed by atoms with Crippen LogP contribution in [-0.4, -0.2) is 51.2 Å². The first-order chi connectivity index (χ1) is 12.9. The van der Waals surface area contributed by atoms with Crippen LogP contribution in [0.4, 0.5) is 10.5 Å². The first kappa shape index (κ1) is 23.0. The van der Waals surface area contributed by atoms with Gasteiger partial charge >= 0.3 is 6.09 Å². The number of likely N-dealkylation sites (N-methyl/N-ethyl adjacent to an activating group) is 1. The summed E-state index contributed by atoms with van der Waals surface area (Å²) in [6.45, 7) is 7.62. The number of rotatable bonds is 4. The molecule has 0 spiro atoms. The van der Waals surface area contributed by atoms with Gasteiger partial charge in [0.25, 0.3) is 0 Å². The number of ether oxygens (including phenoxy) is 2. The minimum atomic E-state index is -3.81. The zero-order valence-corrected chi connectivity index (χ0v) is 19.7. The van der Waals surface area contributed by atoms with Crippen molar-refractivity contribution in [3.63, 3.8) is 0 Å². The summed E-state index contributed by atoms with van der Waals surface area (Å²) >= 11 is 3.40. The lowest BCUT2D eigenvalue weighted by Crippen LogP contribution is -2.45. The second-order valence-corrected chi connectivity index (χ2v) is 10.7. The molecule has 0 N–H and O–H groups in total. The van der Waals surface area contributed by atoms with Crippen molar-refractivity contribution in [1.29, 1.82) is 0 Å². The number of unbranched alkanes of at least 4 members (excludes halogenated alkanes) is 1. The maximum atomic E-state index is 13.3. The highest BCUT2D eigenvalue weighted by molar-refractivity contribution is 9.10. The fourth-order valence-corrected chi connectivity index (χ4v) is 5.13. The van der Waals surface area contributed by atoms with Crippen LogP contribution in [0, 0.1) is 0 Å². The number of fused-ring (bicyclic) bond motifs is 1. The Hall–Kier alpha value is -1.32. The summed E-state index contributed by atoms with van der Waals surface area (Å²) in [5, 5.41) is 0. The van der Waals surface area contributed by atoms with Gasteiger partial charge in [-0.1, -0.05) is 19.8 Å². The van der Waals surface area contributed by atoms with Crippen LogP contribution in [0.25, 0.3) is 0 Å². The van der Waals surface area contributed by atoms with Gasteiger partial charge in [-0.25, -0.2) is 13.2 Å². The number of hydrogen-bond donors (Lipinski definition) is 0. The van der Waals surface area contributed by atoms with Gasteiger partial charge in [-0.2, -0.15) is 4.31 Å². The van der Waals surface area contributed by atoms with Crippen LogP contribution in [0.15, 0.2) is 21.5 Å². The molecule has 0 saturated carbocycles. The first-order valence-electron chi connectivity index (χ1n) is 9.28. The van der Waals surface area contributed by atoms with Crippen LogP contribution < -0.4 is 9.64 Å². The second kappa shape index (κ2) is 8.59. The predicted molar refractivity (Wildman–Crippen MR) is 113 cm³/mol. The summed E-state index contributed by atoms with van der Waals surface area (Å²) in [5.41, 5.74) is -0.412. The third kappa shape index (κ3) is 4.80. The van der Waals surface area contributed by atoms with Gasteiger partial charge in [0.1, 0.15) is 16.2 Å². The van der Waals surface area contributed by atoms with Gasteiger partial charge in [-0.05, 0) is 49.2 Å². The number of halogens is 1. The molecule has 1 aliphatic rings. The minimum Gasteiger partial charge on any atom is -0.496 e. The molecule has 0 radical (unpaired) electrons. The van der Waals surface area contributed by atoms with E-state index in [0.717, 1.165) is 12.8 Å². The van der Waals surface area contributed by atoms with E-state index in [4.69, 9.17) is 9.47 Å². The van der Waals surface area contributed by atoms with E-state index in [-0.39, 0.29) is 23.2 Å². The number of sulfonamides is 1. The standard InChI is InChI=1S/C19H29BrN2O5S/c1-7-8-9-13-12-22(18(23)27-19(2,3)4)15-10-14(20)16(26-6)11-17(15)28(24,25)21(13)5/h10-11,13H,7-9,12H2,1-6H3. The molecule has 0 bridgehead atoms. The molecule has 7 nitrogen and oxygen atoms in total. The number of benzene rings is 1. The summed E-state index contributed by atoms with van der Waals surface area (Å²) in [5.74, 6) is 0.381. The Kier molecular flexibility index (Phi) is 7.04. The normalized spacial score (nSPS) is 19.7. The Morgan fingerprint density at radius 1 is 1.32 bits per heavy atom. The Labute approximate surface area is 176 Å². The summed E-state index contributed by atoms with van der Waals surface area (Å²) in [4.78, 5) is 14.4. The van der Waals surface area contributed by atoms with Crippen LogP contribution in [0.1, 0.15) is 47.0 Å². The van der Waals surface area contributed by atoms with Gasteiger partial charge in [0.05, 0.1) is 17.3 Å². The SMILES string of the molecule is CCCCC1CN(C(=O)OC(C)(C)C)c2cc(Br)c(OC)cc2S(=O)(=O)N1C. The molecular weight excluding hydrogens is 448 g/mol. The number of carbonyl (C=O) groups excluding carboxylic acids is 1. The van der Waals surface area contributed by atoms with Crippen molar-refractivity contribution in [2.24, 2.45) is 0 Å². The van der Waals surface area contributed by atoms with E-state index in [1.54, 1.807) is 33.9 Å². The van der Waals surface area contributed by atoms with Gasteiger partial charge < -0.3 is 9.47 Å². The summed E-state index contributed by atoms with van der Waals surface area (Å²) in [6, 6.07) is 2.70. The predicted octanol–water partition coefficient (Wildman–Crippen LogP) is 4.39. The van der Waals surface area contributed by atoms with Crippen molar-refractivity contribution in [3.8, 4) is 5.75 Å². The highest BCUT2D eigenvalue weighted by Crippen LogP contribution is 2.40. The van der Waals surface area contributed by atoms with Crippen molar-refractivity contribution in [1.82, 2.24) is 4.31 Å². The van der Waals surface area contributed by atoms with Crippen molar-refractivity contribution >= 4 is 37.7 Å². The Morgan fingerprint density at radius 3 is 2.50 bits per heavy atom. The lowest BCUT2D eigenvalue weighted by atomic mass is 10.1. The molecule has 1 aromatic rings. The highest BCUT2D eigenvalue weighted by atomic mass is 79.9. The van der Waals surface area contributed by atoms with E-state index in [0.29, 0.717) is 16.6 Å². The topological polar surface area (TPSA) is 76.1 Å². The average molecular weight is 477 g/mol. The molecule has 1 aliphatic heterocycles. The zero-order chi connectivity index (χ0) is 21.3. The molecule has 0 fully saturated rings. The van der Waals surface area contributed by atoms with Crippen LogP contribution in [-0.2, 0) is 14.8 Å². The van der Waals surface area contributed by atoms with Crippen molar-refractivity contribution < 1.29 is 22.7 Å². The number of amides is 1. The molecule has 28 heavy (non-hydrogen) atoms. The number of carbonyl (C=O) groups is 1. The van der Waals surface area contributed by atoms with Crippen molar-refractivity contribution in [2.75, 3.05) is 25.6 Å². The first-order valence-corrected chi connectivity index (χ1v) is 11.5. The largest absolute Gasteiger partial charge is 0.496 e. The van der Waals surface area contributed by atoms with Gasteiger partial charge in [0.2, 0.25) is 10.0 Å². The Balaban J connectivity index is 2.66. The number of hydrogen-bond acceptors (Lipinski definition) is 5. The van der Waals surface area contributed by atoms with Gasteiger partial charge in [0, 0.05) is 25.7 Å². The van der Waals surface area contributed by atoms with Gasteiger partial charge in [-0.15, -0.1) is 0 Å². The molecule has 1 heterocycles. The van der Waals surface area contributed by atoms with Crippen LogP contribution in [0.3, 0.4) is 0 Å². The van der Waals surface area contributed by atoms with E-state index < -0.39 is 21.7 Å². The molecular formula is C19H29BrN2O5S. The van der Waals surface area contributed by atoms with Crippen LogP contribution in [0.5, 0.6) is 5.75 Å².